The first kappa shape index (κ1) is 13.9. The number of nitrogens with two attached hydrogens (primary N) is 2. The Balaban J connectivity index is 2.35. The minimum atomic E-state index is -0.630. The molecule has 0 bridgehead atoms. The largest absolute Gasteiger partial charge is 0.397 e. The van der Waals surface area contributed by atoms with Gasteiger partial charge >= 0.3 is 0 Å². The molecule has 1 atom stereocenters. The lowest BCUT2D eigenvalue weighted by molar-refractivity contribution is 0.625. The number of hydrogen-bond acceptors (Lipinski definition) is 5. The van der Waals surface area contributed by atoms with Gasteiger partial charge in [0.2, 0.25) is 0 Å². The summed E-state index contributed by atoms with van der Waals surface area (Å²) in [6.45, 7) is 1.98. The minimum Gasteiger partial charge on any atom is -0.397 e. The second-order valence-corrected chi connectivity index (χ2v) is 5.34. The molecule has 0 saturated carbocycles. The summed E-state index contributed by atoms with van der Waals surface area (Å²) < 4.78 is 14.1. The van der Waals surface area contributed by atoms with Crippen LogP contribution in [0.25, 0.3) is 0 Å². The zero-order valence-corrected chi connectivity index (χ0v) is 11.9. The lowest BCUT2D eigenvalue weighted by Gasteiger charge is -2.19. The highest BCUT2D eigenvalue weighted by Gasteiger charge is 2.19. The van der Waals surface area contributed by atoms with Crippen LogP contribution in [0.2, 0.25) is 5.02 Å². The van der Waals surface area contributed by atoms with Crippen LogP contribution in [0.5, 0.6) is 0 Å². The van der Waals surface area contributed by atoms with Gasteiger partial charge in [-0.3, -0.25) is 0 Å². The average Bonchev–Trinajstić information content (AvgIpc) is 2.90. The monoisotopic (exact) mass is 300 g/mol. The van der Waals surface area contributed by atoms with Crippen LogP contribution in [-0.4, -0.2) is 4.98 Å². The molecule has 1 unspecified atom stereocenters. The van der Waals surface area contributed by atoms with Gasteiger partial charge in [0.05, 0.1) is 23.1 Å². The molecule has 4 nitrogen and oxygen atoms in total. The molecule has 2 rings (SSSR count). The Morgan fingerprint density at radius 3 is 2.79 bits per heavy atom. The van der Waals surface area contributed by atoms with Crippen LogP contribution < -0.4 is 16.8 Å². The Bertz CT molecular complexity index is 574. The third kappa shape index (κ3) is 2.74. The second kappa shape index (κ2) is 5.63. The van der Waals surface area contributed by atoms with E-state index < -0.39 is 5.82 Å². The predicted octanol–water partition coefficient (Wildman–Crippen LogP) is 3.66. The SMILES string of the molecule is CCC(Nc1c(N)cc(N)c(Cl)c1F)c1nccs1. The lowest BCUT2D eigenvalue weighted by atomic mass is 10.2. The third-order valence-corrected chi connectivity index (χ3v) is 4.02. The van der Waals surface area contributed by atoms with Crippen molar-refractivity contribution in [2.75, 3.05) is 16.8 Å². The predicted molar refractivity (Wildman–Crippen MR) is 79.0 cm³/mol. The van der Waals surface area contributed by atoms with Crippen LogP contribution in [0.1, 0.15) is 24.4 Å². The number of aromatic nitrogens is 1. The molecule has 5 N–H and O–H groups in total. The van der Waals surface area contributed by atoms with Crippen LogP contribution >= 0.6 is 22.9 Å². The number of rotatable bonds is 4. The van der Waals surface area contributed by atoms with Crippen molar-refractivity contribution in [3.8, 4) is 0 Å². The number of nitrogen functional groups attached to an aromatic ring is 2. The molecule has 0 spiro atoms. The van der Waals surface area contributed by atoms with E-state index in [4.69, 9.17) is 23.1 Å². The summed E-state index contributed by atoms with van der Waals surface area (Å²) in [5.41, 5.74) is 11.9. The first-order chi connectivity index (χ1) is 9.04. The van der Waals surface area contributed by atoms with E-state index in [0.717, 1.165) is 11.4 Å². The van der Waals surface area contributed by atoms with E-state index >= 15 is 0 Å². The third-order valence-electron chi connectivity index (χ3n) is 2.74. The van der Waals surface area contributed by atoms with Gasteiger partial charge in [0.25, 0.3) is 0 Å². The molecule has 0 amide bonds. The number of benzene rings is 1. The zero-order valence-electron chi connectivity index (χ0n) is 10.3. The fourth-order valence-corrected chi connectivity index (χ4v) is 2.65. The Morgan fingerprint density at radius 2 is 2.21 bits per heavy atom. The number of halogens is 2. The maximum Gasteiger partial charge on any atom is 0.169 e. The molecule has 0 saturated heterocycles. The summed E-state index contributed by atoms with van der Waals surface area (Å²) in [5.74, 6) is -0.630. The van der Waals surface area contributed by atoms with Crippen LogP contribution in [-0.2, 0) is 0 Å². The Labute approximate surface area is 119 Å². The standard InChI is InChI=1S/C12H14ClFN4S/c1-2-8(12-17-3-4-19-12)18-11-7(16)5-6(15)9(13)10(11)14/h3-5,8,18H,2,15-16H2,1H3. The van der Waals surface area contributed by atoms with Crippen LogP contribution in [0.4, 0.5) is 21.5 Å². The van der Waals surface area contributed by atoms with Gasteiger partial charge in [0.1, 0.15) is 10.0 Å². The van der Waals surface area contributed by atoms with Gasteiger partial charge in [-0.25, -0.2) is 9.37 Å². The Kier molecular flexibility index (Phi) is 4.11. The molecule has 1 aromatic carbocycles. The van der Waals surface area contributed by atoms with Gasteiger partial charge < -0.3 is 16.8 Å². The minimum absolute atomic E-state index is 0.114. The van der Waals surface area contributed by atoms with Crippen molar-refractivity contribution >= 4 is 40.0 Å². The molecule has 1 aromatic heterocycles. The summed E-state index contributed by atoms with van der Waals surface area (Å²) in [6, 6.07) is 1.33. The van der Waals surface area contributed by atoms with Gasteiger partial charge in [0.15, 0.2) is 5.82 Å². The van der Waals surface area contributed by atoms with Crippen LogP contribution in [0, 0.1) is 5.82 Å². The highest BCUT2D eigenvalue weighted by Crippen LogP contribution is 2.36. The molecular formula is C12H14ClFN4S. The van der Waals surface area contributed by atoms with Gasteiger partial charge in [-0.2, -0.15) is 0 Å². The fraction of sp³-hybridized carbons (Fsp3) is 0.250. The van der Waals surface area contributed by atoms with Crippen molar-refractivity contribution < 1.29 is 4.39 Å². The molecule has 2 aromatic rings. The van der Waals surface area contributed by atoms with Crippen molar-refractivity contribution in [1.29, 1.82) is 0 Å². The van der Waals surface area contributed by atoms with Gasteiger partial charge in [0, 0.05) is 11.6 Å². The van der Waals surface area contributed by atoms with Gasteiger partial charge in [-0.1, -0.05) is 18.5 Å². The van der Waals surface area contributed by atoms with Crippen molar-refractivity contribution in [1.82, 2.24) is 4.98 Å². The molecule has 0 aliphatic carbocycles. The quantitative estimate of drug-likeness (QED) is 0.753. The zero-order chi connectivity index (χ0) is 14.0. The fourth-order valence-electron chi connectivity index (χ4n) is 1.73. The summed E-state index contributed by atoms with van der Waals surface area (Å²) >= 11 is 7.30. The van der Waals surface area contributed by atoms with Gasteiger partial charge in [-0.05, 0) is 12.5 Å². The van der Waals surface area contributed by atoms with E-state index in [-0.39, 0.29) is 28.1 Å². The van der Waals surface area contributed by atoms with Crippen molar-refractivity contribution in [2.45, 2.75) is 19.4 Å². The lowest BCUT2D eigenvalue weighted by Crippen LogP contribution is -2.13. The number of nitrogens with one attached hydrogen (secondary N) is 1. The van der Waals surface area contributed by atoms with E-state index in [2.05, 4.69) is 10.3 Å². The smallest absolute Gasteiger partial charge is 0.169 e. The highest BCUT2D eigenvalue weighted by molar-refractivity contribution is 7.09. The van der Waals surface area contributed by atoms with Gasteiger partial charge in [-0.15, -0.1) is 11.3 Å². The Hall–Kier alpha value is -1.53. The summed E-state index contributed by atoms with van der Waals surface area (Å²) in [6.07, 6.45) is 2.45. The van der Waals surface area contributed by atoms with Crippen molar-refractivity contribution in [2.24, 2.45) is 0 Å². The second-order valence-electron chi connectivity index (χ2n) is 4.03. The van der Waals surface area contributed by atoms with E-state index in [9.17, 15) is 4.39 Å². The molecule has 7 heteroatoms. The number of nitrogens with zero attached hydrogens (tertiary/aromatic N) is 1. The van der Waals surface area contributed by atoms with E-state index in [0.29, 0.717) is 0 Å². The molecular weight excluding hydrogens is 287 g/mol. The van der Waals surface area contributed by atoms with E-state index in [1.807, 2.05) is 12.3 Å². The number of hydrogen-bond donors (Lipinski definition) is 3. The maximum absolute atomic E-state index is 14.1. The summed E-state index contributed by atoms with van der Waals surface area (Å²) in [7, 11) is 0. The molecule has 102 valence electrons. The van der Waals surface area contributed by atoms with E-state index in [1.54, 1.807) is 6.20 Å². The van der Waals surface area contributed by atoms with Crippen molar-refractivity contribution in [3.63, 3.8) is 0 Å². The van der Waals surface area contributed by atoms with Crippen LogP contribution in [0.15, 0.2) is 17.6 Å². The summed E-state index contributed by atoms with van der Waals surface area (Å²) in [4.78, 5) is 4.22. The summed E-state index contributed by atoms with van der Waals surface area (Å²) in [5, 5.41) is 5.66. The molecule has 0 aliphatic rings. The molecule has 0 aliphatic heterocycles. The maximum atomic E-state index is 14.1. The Morgan fingerprint density at radius 1 is 1.47 bits per heavy atom. The molecule has 1 heterocycles. The van der Waals surface area contributed by atoms with Crippen molar-refractivity contribution in [3.05, 3.63) is 33.5 Å². The normalized spacial score (nSPS) is 12.4. The molecule has 19 heavy (non-hydrogen) atoms. The first-order valence-corrected chi connectivity index (χ1v) is 6.99. The topological polar surface area (TPSA) is 77.0 Å². The number of thiazole rings is 1. The molecule has 0 radical (unpaired) electrons. The molecule has 0 fully saturated rings. The average molecular weight is 301 g/mol. The van der Waals surface area contributed by atoms with Crippen LogP contribution in [0.3, 0.4) is 0 Å². The van der Waals surface area contributed by atoms with E-state index in [1.165, 1.54) is 17.4 Å². The number of anilines is 3. The highest BCUT2D eigenvalue weighted by atomic mass is 35.5. The first-order valence-electron chi connectivity index (χ1n) is 5.73.